The highest BCUT2D eigenvalue weighted by atomic mass is 32.7. The van der Waals surface area contributed by atoms with Crippen molar-refractivity contribution in [1.29, 1.82) is 0 Å². The summed E-state index contributed by atoms with van der Waals surface area (Å²) >= 11 is 0.534. The summed E-state index contributed by atoms with van der Waals surface area (Å²) in [6.07, 6.45) is -4.50. The van der Waals surface area contributed by atoms with Crippen molar-refractivity contribution in [1.82, 2.24) is 39.0 Å². The normalized spacial score (nSPS) is 31.9. The standard InChI is InChI=1S/C35H50N10O15P2S/c1-33(2,3)30(48)53-15-57-61(50)56-11-35(7)9-17(44-13-40-19-25(36)38-12-39-26(19)44)21(46)24(35)60-62(51,63-16-54-31(49)34(4,5)6)55-10-18-22(52-8)23(59-61)29(58-18)45-14-41-20-27(45)42-32(37)43-28(20)47/h12-14,17-18,21-24,29,46H,9-11,15-16H2,1-8H3,(H2,36,38,39)(H3,37,42,43,47)/t17-,18-,21+,22-,23-,24+,29-,35-,61-,62+/m1/s1. The fourth-order valence-electron chi connectivity index (χ4n) is 7.23. The Morgan fingerprint density at radius 2 is 1.67 bits per heavy atom. The van der Waals surface area contributed by atoms with E-state index in [1.165, 1.54) is 30.7 Å². The van der Waals surface area contributed by atoms with E-state index in [4.69, 9.17) is 53.0 Å². The van der Waals surface area contributed by atoms with Crippen LogP contribution in [-0.2, 0) is 60.3 Å². The topological polar surface area (TPSA) is 331 Å². The van der Waals surface area contributed by atoms with E-state index in [1.807, 2.05) is 0 Å². The quantitative estimate of drug-likeness (QED) is 0.106. The zero-order chi connectivity index (χ0) is 45.9. The first-order chi connectivity index (χ1) is 29.5. The highest BCUT2D eigenvalue weighted by Crippen LogP contribution is 2.66. The Hall–Kier alpha value is -4.07. The highest BCUT2D eigenvalue weighted by molar-refractivity contribution is 8.55. The highest BCUT2D eigenvalue weighted by Gasteiger charge is 2.58. The number of esters is 2. The molecule has 2 bridgehead atoms. The monoisotopic (exact) mass is 944 g/mol. The zero-order valence-corrected chi connectivity index (χ0v) is 38.2. The van der Waals surface area contributed by atoms with Crippen LogP contribution >= 0.6 is 26.0 Å². The third-order valence-electron chi connectivity index (χ3n) is 10.6. The van der Waals surface area contributed by atoms with Gasteiger partial charge in [0.05, 0.1) is 42.7 Å². The molecule has 63 heavy (non-hydrogen) atoms. The Morgan fingerprint density at radius 1 is 0.984 bits per heavy atom. The molecule has 25 nitrogen and oxygen atoms in total. The molecule has 3 fully saturated rings. The van der Waals surface area contributed by atoms with Gasteiger partial charge in [0.2, 0.25) is 12.7 Å². The van der Waals surface area contributed by atoms with E-state index in [0.29, 0.717) is 11.4 Å². The van der Waals surface area contributed by atoms with Gasteiger partial charge in [-0.3, -0.25) is 42.0 Å². The Morgan fingerprint density at radius 3 is 2.37 bits per heavy atom. The number of hydrogen-bond donors (Lipinski definition) is 4. The van der Waals surface area contributed by atoms with Crippen LogP contribution in [0.3, 0.4) is 0 Å². The van der Waals surface area contributed by atoms with Crippen molar-refractivity contribution in [2.45, 2.75) is 97.7 Å². The molecule has 4 aromatic rings. The number of nitrogen functional groups attached to an aromatic ring is 2. The van der Waals surface area contributed by atoms with Crippen LogP contribution in [0.4, 0.5) is 11.8 Å². The Labute approximate surface area is 363 Å². The fraction of sp³-hybridized carbons (Fsp3) is 0.657. The fourth-order valence-corrected chi connectivity index (χ4v) is 11.5. The van der Waals surface area contributed by atoms with Crippen molar-refractivity contribution in [3.8, 4) is 0 Å². The van der Waals surface area contributed by atoms with Gasteiger partial charge in [-0.2, -0.15) is 4.98 Å². The first-order valence-electron chi connectivity index (χ1n) is 19.5. The van der Waals surface area contributed by atoms with Crippen molar-refractivity contribution in [3.05, 3.63) is 29.3 Å². The second kappa shape index (κ2) is 17.4. The predicted octanol–water partition coefficient (Wildman–Crippen LogP) is 3.23. The lowest BCUT2D eigenvalue weighted by Crippen LogP contribution is -2.39. The number of aromatic nitrogens is 8. The molecule has 7 rings (SSSR count). The van der Waals surface area contributed by atoms with Crippen molar-refractivity contribution in [2.24, 2.45) is 16.2 Å². The summed E-state index contributed by atoms with van der Waals surface area (Å²) in [5.74, 6) is -1.98. The number of anilines is 2. The number of aliphatic hydroxyl groups is 1. The number of methoxy groups -OCH3 is 1. The molecule has 4 aromatic heterocycles. The summed E-state index contributed by atoms with van der Waals surface area (Å²) in [5.41, 5.74) is 8.29. The molecule has 6 N–H and O–H groups in total. The molecule has 346 valence electrons. The van der Waals surface area contributed by atoms with Gasteiger partial charge in [0, 0.05) is 23.9 Å². The molecule has 0 radical (unpaired) electrons. The van der Waals surface area contributed by atoms with Gasteiger partial charge in [0.1, 0.15) is 48.3 Å². The Balaban J connectivity index is 1.31. The van der Waals surface area contributed by atoms with Gasteiger partial charge in [0.15, 0.2) is 28.9 Å². The minimum atomic E-state index is -4.97. The van der Waals surface area contributed by atoms with Crippen LogP contribution in [0, 0.1) is 16.2 Å². The zero-order valence-electron chi connectivity index (χ0n) is 35.6. The SMILES string of the molecule is CO[C@H]1[C@H]2O[P@@](=O)(OCOC(=O)C(C)(C)C)OC[C@@]3(C)C[C@@H](n4cnc5c(N)ncnc54)[C@H](O)[C@@H]3O[P@@](=O)(SCOC(=O)C(C)(C)C)OC[C@H]1O[C@H]2n1cnc2c(=O)[nH]c(N)nc21. The smallest absolute Gasteiger partial charge is 0.454 e. The Bertz CT molecular complexity index is 2530. The number of ether oxygens (including phenoxy) is 4. The van der Waals surface area contributed by atoms with Crippen LogP contribution in [0.1, 0.15) is 67.2 Å². The minimum Gasteiger partial charge on any atom is -0.454 e. The number of imidazole rings is 2. The molecule has 28 heteroatoms. The van der Waals surface area contributed by atoms with E-state index >= 15 is 9.13 Å². The number of nitrogens with one attached hydrogen (secondary N) is 1. The van der Waals surface area contributed by atoms with E-state index in [9.17, 15) is 19.5 Å². The summed E-state index contributed by atoms with van der Waals surface area (Å²) in [4.78, 5) is 61.8. The number of phosphoric acid groups is 1. The maximum Gasteiger partial charge on any atom is 0.478 e. The van der Waals surface area contributed by atoms with Crippen LogP contribution in [0.15, 0.2) is 23.8 Å². The van der Waals surface area contributed by atoms with Crippen LogP contribution in [0.2, 0.25) is 0 Å². The van der Waals surface area contributed by atoms with Gasteiger partial charge in [-0.25, -0.2) is 33.6 Å². The van der Waals surface area contributed by atoms with Crippen LogP contribution in [0.5, 0.6) is 0 Å². The van der Waals surface area contributed by atoms with Crippen molar-refractivity contribution in [3.63, 3.8) is 0 Å². The predicted molar refractivity (Wildman–Crippen MR) is 221 cm³/mol. The van der Waals surface area contributed by atoms with Crippen molar-refractivity contribution >= 4 is 72.0 Å². The van der Waals surface area contributed by atoms with E-state index in [-0.39, 0.29) is 40.5 Å². The first kappa shape index (κ1) is 46.9. The average molecular weight is 945 g/mol. The number of fused-ring (bicyclic) bond motifs is 5. The van der Waals surface area contributed by atoms with E-state index in [1.54, 1.807) is 53.0 Å². The summed E-state index contributed by atoms with van der Waals surface area (Å²) in [6.45, 7) is 4.74. The summed E-state index contributed by atoms with van der Waals surface area (Å²) in [5, 5.41) is 12.2. The third kappa shape index (κ3) is 9.53. The third-order valence-corrected chi connectivity index (χ3v) is 15.3. The number of H-pyrrole nitrogens is 1. The number of aromatic amines is 1. The van der Waals surface area contributed by atoms with Gasteiger partial charge >= 0.3 is 26.6 Å². The lowest BCUT2D eigenvalue weighted by molar-refractivity contribution is -0.161. The van der Waals surface area contributed by atoms with Gasteiger partial charge in [-0.05, 0) is 48.0 Å². The number of rotatable bonds is 9. The molecular weight excluding hydrogens is 894 g/mol. The number of nitrogens with zero attached hydrogens (tertiary/aromatic N) is 7. The maximum atomic E-state index is 15.1. The number of phosphoric ester groups is 1. The molecule has 6 heterocycles. The van der Waals surface area contributed by atoms with Crippen molar-refractivity contribution in [2.75, 3.05) is 44.5 Å². The summed E-state index contributed by atoms with van der Waals surface area (Å²) in [7, 11) is -3.68. The molecule has 0 aromatic carbocycles. The number of nitrogens with two attached hydrogens (primary N) is 2. The lowest BCUT2D eigenvalue weighted by atomic mass is 9.87. The summed E-state index contributed by atoms with van der Waals surface area (Å²) in [6, 6.07) is -0.915. The van der Waals surface area contributed by atoms with Gasteiger partial charge < -0.3 is 40.1 Å². The largest absolute Gasteiger partial charge is 0.478 e. The maximum absolute atomic E-state index is 15.1. The molecule has 2 saturated heterocycles. The molecule has 0 spiro atoms. The van der Waals surface area contributed by atoms with E-state index in [2.05, 4.69) is 29.9 Å². The number of carbonyl (C=O) groups excluding carboxylic acids is 2. The first-order valence-corrected chi connectivity index (χ1v) is 24.1. The molecule has 2 aliphatic heterocycles. The van der Waals surface area contributed by atoms with Crippen LogP contribution in [0.25, 0.3) is 22.3 Å². The van der Waals surface area contributed by atoms with E-state index in [0.717, 1.165) is 0 Å². The van der Waals surface area contributed by atoms with E-state index < -0.39 is 117 Å². The minimum absolute atomic E-state index is 0.0297. The second-order valence-electron chi connectivity index (χ2n) is 17.5. The molecule has 1 aliphatic carbocycles. The second-order valence-corrected chi connectivity index (χ2v) is 23.1. The van der Waals surface area contributed by atoms with Crippen LogP contribution in [-0.4, -0.2) is 120 Å². The van der Waals surface area contributed by atoms with Gasteiger partial charge in [0.25, 0.3) is 5.56 Å². The molecule has 1 saturated carbocycles. The molecule has 3 aliphatic rings. The van der Waals surface area contributed by atoms with Gasteiger partial charge in [-0.1, -0.05) is 6.92 Å². The molecule has 10 atom stereocenters. The molecular formula is C35H50N10O15P2S. The summed E-state index contributed by atoms with van der Waals surface area (Å²) < 4.78 is 86.6. The Kier molecular flexibility index (Phi) is 12.9. The average Bonchev–Trinajstić information content (AvgIpc) is 3.96. The van der Waals surface area contributed by atoms with Crippen LogP contribution < -0.4 is 17.0 Å². The number of carbonyl (C=O) groups is 2. The number of hydrogen-bond acceptors (Lipinski definition) is 23. The lowest BCUT2D eigenvalue weighted by Gasteiger charge is -2.35. The molecule has 0 amide bonds. The van der Waals surface area contributed by atoms with Gasteiger partial charge in [-0.15, -0.1) is 0 Å². The van der Waals surface area contributed by atoms with Crippen molar-refractivity contribution < 1.29 is 65.4 Å². The number of aliphatic hydroxyl groups excluding tert-OH is 1. The molecule has 0 unspecified atom stereocenters.